The average molecular weight is 239 g/mol. The Bertz CT molecular complexity index is 536. The highest BCUT2D eigenvalue weighted by molar-refractivity contribution is 6.31. The van der Waals surface area contributed by atoms with Crippen molar-refractivity contribution in [1.29, 1.82) is 0 Å². The zero-order chi connectivity index (χ0) is 11.7. The number of aromatic nitrogens is 2. The number of aliphatic carboxylic acids is 1. The summed E-state index contributed by atoms with van der Waals surface area (Å²) in [4.78, 5) is 18.2. The lowest BCUT2D eigenvalue weighted by Gasteiger charge is -2.05. The maximum atomic E-state index is 11.0. The molecular formula is C11H11ClN2O2. The standard InChI is InChI=1S/C11H11ClN2O2/c1-2-7(11(15)16)8-4-9-10(14-8)3-6(12)5-13-9/h3-5,7,14H,2H2,1H3,(H,15,16). The fourth-order valence-corrected chi connectivity index (χ4v) is 1.88. The predicted octanol–water partition coefficient (Wildman–Crippen LogP) is 2.79. The van der Waals surface area contributed by atoms with Crippen molar-refractivity contribution in [3.05, 3.63) is 29.0 Å². The Morgan fingerprint density at radius 2 is 2.38 bits per heavy atom. The van der Waals surface area contributed by atoms with Gasteiger partial charge in [-0.05, 0) is 18.6 Å². The van der Waals surface area contributed by atoms with Crippen LogP contribution in [0.4, 0.5) is 0 Å². The van der Waals surface area contributed by atoms with Gasteiger partial charge in [-0.25, -0.2) is 0 Å². The number of rotatable bonds is 3. The van der Waals surface area contributed by atoms with Crippen LogP contribution >= 0.6 is 11.6 Å². The number of H-pyrrole nitrogens is 1. The lowest BCUT2D eigenvalue weighted by molar-refractivity contribution is -0.138. The predicted molar refractivity (Wildman–Crippen MR) is 61.8 cm³/mol. The van der Waals surface area contributed by atoms with Crippen molar-refractivity contribution in [3.8, 4) is 0 Å². The molecule has 0 saturated carbocycles. The SMILES string of the molecule is CCC(C(=O)O)c1cc2ncc(Cl)cc2[nH]1. The normalized spacial score (nSPS) is 12.9. The lowest BCUT2D eigenvalue weighted by atomic mass is 10.0. The van der Waals surface area contributed by atoms with E-state index in [1.54, 1.807) is 18.3 Å². The molecule has 0 saturated heterocycles. The first-order valence-electron chi connectivity index (χ1n) is 4.98. The molecule has 2 N–H and O–H groups in total. The third-order valence-electron chi connectivity index (χ3n) is 2.54. The molecule has 0 bridgehead atoms. The number of carbonyl (C=O) groups is 1. The molecule has 2 heterocycles. The Balaban J connectivity index is 2.49. The Hall–Kier alpha value is -1.55. The maximum Gasteiger partial charge on any atom is 0.312 e. The summed E-state index contributed by atoms with van der Waals surface area (Å²) >= 11 is 5.81. The zero-order valence-corrected chi connectivity index (χ0v) is 9.45. The fourth-order valence-electron chi connectivity index (χ4n) is 1.72. The van der Waals surface area contributed by atoms with Crippen LogP contribution in [0.25, 0.3) is 11.0 Å². The molecule has 0 fully saturated rings. The van der Waals surface area contributed by atoms with Crippen LogP contribution in [0, 0.1) is 0 Å². The highest BCUT2D eigenvalue weighted by Crippen LogP contribution is 2.24. The number of hydrogen-bond donors (Lipinski definition) is 2. The molecule has 84 valence electrons. The van der Waals surface area contributed by atoms with E-state index in [1.165, 1.54) is 0 Å². The van der Waals surface area contributed by atoms with Gasteiger partial charge in [0, 0.05) is 11.9 Å². The second-order valence-corrected chi connectivity index (χ2v) is 4.05. The van der Waals surface area contributed by atoms with Crippen LogP contribution in [0.2, 0.25) is 5.02 Å². The first-order chi connectivity index (χ1) is 7.61. The van der Waals surface area contributed by atoms with Gasteiger partial charge in [0.25, 0.3) is 0 Å². The van der Waals surface area contributed by atoms with E-state index >= 15 is 0 Å². The molecule has 1 atom stereocenters. The van der Waals surface area contributed by atoms with E-state index in [-0.39, 0.29) is 0 Å². The van der Waals surface area contributed by atoms with Gasteiger partial charge in [-0.2, -0.15) is 0 Å². The van der Waals surface area contributed by atoms with E-state index in [0.717, 1.165) is 11.0 Å². The summed E-state index contributed by atoms with van der Waals surface area (Å²) in [6, 6.07) is 3.50. The first-order valence-corrected chi connectivity index (χ1v) is 5.36. The lowest BCUT2D eigenvalue weighted by Crippen LogP contribution is -2.10. The van der Waals surface area contributed by atoms with Crippen molar-refractivity contribution < 1.29 is 9.90 Å². The zero-order valence-electron chi connectivity index (χ0n) is 8.70. The van der Waals surface area contributed by atoms with Crippen LogP contribution in [0.15, 0.2) is 18.3 Å². The van der Waals surface area contributed by atoms with E-state index in [1.807, 2.05) is 6.92 Å². The third kappa shape index (κ3) is 1.88. The largest absolute Gasteiger partial charge is 0.481 e. The van der Waals surface area contributed by atoms with Crippen LogP contribution in [-0.2, 0) is 4.79 Å². The summed E-state index contributed by atoms with van der Waals surface area (Å²) in [7, 11) is 0. The molecule has 2 rings (SSSR count). The number of halogens is 1. The highest BCUT2D eigenvalue weighted by atomic mass is 35.5. The van der Waals surface area contributed by atoms with Gasteiger partial charge < -0.3 is 10.1 Å². The molecule has 0 aliphatic rings. The van der Waals surface area contributed by atoms with Gasteiger partial charge in [0.2, 0.25) is 0 Å². The Morgan fingerprint density at radius 3 is 3.00 bits per heavy atom. The number of pyridine rings is 1. The van der Waals surface area contributed by atoms with Crippen LogP contribution in [-0.4, -0.2) is 21.0 Å². The van der Waals surface area contributed by atoms with Crippen LogP contribution in [0.5, 0.6) is 0 Å². The van der Waals surface area contributed by atoms with Crippen molar-refractivity contribution in [1.82, 2.24) is 9.97 Å². The molecule has 2 aromatic heterocycles. The van der Waals surface area contributed by atoms with Crippen molar-refractivity contribution >= 4 is 28.6 Å². The summed E-state index contributed by atoms with van der Waals surface area (Å²) < 4.78 is 0. The summed E-state index contributed by atoms with van der Waals surface area (Å²) in [5, 5.41) is 9.57. The molecule has 5 heteroatoms. The number of hydrogen-bond acceptors (Lipinski definition) is 2. The number of aromatic amines is 1. The molecule has 16 heavy (non-hydrogen) atoms. The van der Waals surface area contributed by atoms with Gasteiger partial charge in [-0.3, -0.25) is 9.78 Å². The van der Waals surface area contributed by atoms with Crippen LogP contribution in [0.3, 0.4) is 0 Å². The van der Waals surface area contributed by atoms with Gasteiger partial charge >= 0.3 is 5.97 Å². The van der Waals surface area contributed by atoms with Gasteiger partial charge in [0.05, 0.1) is 22.0 Å². The molecule has 0 aliphatic carbocycles. The molecule has 0 spiro atoms. The number of nitrogens with zero attached hydrogens (tertiary/aromatic N) is 1. The number of carboxylic acids is 1. The quantitative estimate of drug-likeness (QED) is 0.864. The summed E-state index contributed by atoms with van der Waals surface area (Å²) in [5.74, 6) is -1.35. The summed E-state index contributed by atoms with van der Waals surface area (Å²) in [6.45, 7) is 1.84. The van der Waals surface area contributed by atoms with E-state index in [2.05, 4.69) is 9.97 Å². The smallest absolute Gasteiger partial charge is 0.312 e. The molecule has 4 nitrogen and oxygen atoms in total. The van der Waals surface area contributed by atoms with E-state index in [4.69, 9.17) is 16.7 Å². The maximum absolute atomic E-state index is 11.0. The monoisotopic (exact) mass is 238 g/mol. The van der Waals surface area contributed by atoms with Gasteiger partial charge in [-0.1, -0.05) is 18.5 Å². The van der Waals surface area contributed by atoms with Crippen LogP contribution in [0.1, 0.15) is 25.0 Å². The second kappa shape index (κ2) is 4.14. The van der Waals surface area contributed by atoms with E-state index in [0.29, 0.717) is 17.1 Å². The molecule has 1 unspecified atom stereocenters. The molecule has 0 aromatic carbocycles. The van der Waals surface area contributed by atoms with E-state index < -0.39 is 11.9 Å². The van der Waals surface area contributed by atoms with Crippen molar-refractivity contribution in [2.45, 2.75) is 19.3 Å². The first kappa shape index (κ1) is 11.0. The number of fused-ring (bicyclic) bond motifs is 1. The molecular weight excluding hydrogens is 228 g/mol. The minimum atomic E-state index is -0.833. The third-order valence-corrected chi connectivity index (χ3v) is 2.74. The Labute approximate surface area is 97.3 Å². The van der Waals surface area contributed by atoms with Crippen molar-refractivity contribution in [2.24, 2.45) is 0 Å². The number of nitrogens with one attached hydrogen (secondary N) is 1. The highest BCUT2D eigenvalue weighted by Gasteiger charge is 2.19. The van der Waals surface area contributed by atoms with Crippen molar-refractivity contribution in [2.75, 3.05) is 0 Å². The van der Waals surface area contributed by atoms with E-state index in [9.17, 15) is 4.79 Å². The molecule has 0 radical (unpaired) electrons. The Morgan fingerprint density at radius 1 is 1.62 bits per heavy atom. The molecule has 2 aromatic rings. The van der Waals surface area contributed by atoms with Crippen LogP contribution < -0.4 is 0 Å². The average Bonchev–Trinajstić information content (AvgIpc) is 2.60. The molecule has 0 amide bonds. The topological polar surface area (TPSA) is 66.0 Å². The summed E-state index contributed by atoms with van der Waals surface area (Å²) in [6.07, 6.45) is 2.08. The molecule has 0 aliphatic heterocycles. The summed E-state index contributed by atoms with van der Waals surface area (Å²) in [5.41, 5.74) is 2.17. The second-order valence-electron chi connectivity index (χ2n) is 3.61. The Kier molecular flexibility index (Phi) is 2.83. The fraction of sp³-hybridized carbons (Fsp3) is 0.273. The number of carboxylic acid groups (broad SMARTS) is 1. The van der Waals surface area contributed by atoms with Crippen molar-refractivity contribution in [3.63, 3.8) is 0 Å². The minimum absolute atomic E-state index is 0.520. The van der Waals surface area contributed by atoms with Gasteiger partial charge in [0.1, 0.15) is 0 Å². The van der Waals surface area contributed by atoms with Gasteiger partial charge in [0.15, 0.2) is 0 Å². The minimum Gasteiger partial charge on any atom is -0.481 e. The van der Waals surface area contributed by atoms with Gasteiger partial charge in [-0.15, -0.1) is 0 Å².